The fourth-order valence-corrected chi connectivity index (χ4v) is 5.06. The minimum atomic E-state index is -0.118. The lowest BCUT2D eigenvalue weighted by molar-refractivity contribution is 0.125. The van der Waals surface area contributed by atoms with E-state index in [1.807, 2.05) is 55.5 Å². The van der Waals surface area contributed by atoms with Gasteiger partial charge < -0.3 is 9.57 Å². The standard InChI is InChI=1S/C31H23N5O2/c1-20(21-10-4-2-5-11-21)35-37-18-26-33-30-28-27(23-13-6-3-7-14-23)25-17-16-22-12-8-9-15-24(22)29(25)38-31(28)32-19-36(30)34-26/h2-17,19,27H,18H2,1H3/b35-20+/t27-/m0/s1. The van der Waals surface area contributed by atoms with Crippen LogP contribution >= 0.6 is 0 Å². The molecular formula is C31H23N5O2. The van der Waals surface area contributed by atoms with Crippen molar-refractivity contribution in [2.75, 3.05) is 0 Å². The van der Waals surface area contributed by atoms with Crippen molar-refractivity contribution in [3.8, 4) is 11.6 Å². The van der Waals surface area contributed by atoms with E-state index < -0.39 is 0 Å². The second-order valence-corrected chi connectivity index (χ2v) is 9.23. The molecule has 0 N–H and O–H groups in total. The normalized spacial score (nSPS) is 14.7. The van der Waals surface area contributed by atoms with E-state index in [1.54, 1.807) is 10.8 Å². The van der Waals surface area contributed by atoms with E-state index in [1.165, 1.54) is 0 Å². The van der Waals surface area contributed by atoms with Crippen LogP contribution < -0.4 is 4.74 Å². The van der Waals surface area contributed by atoms with Crippen LogP contribution in [-0.2, 0) is 11.4 Å². The molecule has 0 saturated heterocycles. The summed E-state index contributed by atoms with van der Waals surface area (Å²) in [5.41, 5.74) is 5.56. The maximum absolute atomic E-state index is 6.48. The predicted molar refractivity (Wildman–Crippen MR) is 146 cm³/mol. The summed E-state index contributed by atoms with van der Waals surface area (Å²) in [7, 11) is 0. The third kappa shape index (κ3) is 3.76. The van der Waals surface area contributed by atoms with Gasteiger partial charge in [-0.15, -0.1) is 5.10 Å². The van der Waals surface area contributed by atoms with Crippen molar-refractivity contribution in [2.45, 2.75) is 19.4 Å². The molecule has 7 nitrogen and oxygen atoms in total. The third-order valence-electron chi connectivity index (χ3n) is 6.86. The molecule has 1 aliphatic rings. The smallest absolute Gasteiger partial charge is 0.228 e. The molecule has 1 atom stereocenters. The number of ether oxygens (including phenoxy) is 1. The van der Waals surface area contributed by atoms with Crippen molar-refractivity contribution in [1.29, 1.82) is 0 Å². The van der Waals surface area contributed by atoms with Gasteiger partial charge in [-0.25, -0.2) is 14.5 Å². The fourth-order valence-electron chi connectivity index (χ4n) is 5.06. The van der Waals surface area contributed by atoms with Crippen LogP contribution in [0.4, 0.5) is 0 Å². The first-order valence-corrected chi connectivity index (χ1v) is 12.5. The van der Waals surface area contributed by atoms with Crippen LogP contribution in [0.5, 0.6) is 11.6 Å². The minimum Gasteiger partial charge on any atom is -0.438 e. The Labute approximate surface area is 219 Å². The summed E-state index contributed by atoms with van der Waals surface area (Å²) in [5, 5.41) is 11.1. The molecule has 3 heterocycles. The van der Waals surface area contributed by atoms with Gasteiger partial charge in [0.05, 0.1) is 11.3 Å². The maximum atomic E-state index is 6.48. The lowest BCUT2D eigenvalue weighted by Gasteiger charge is -2.28. The van der Waals surface area contributed by atoms with Gasteiger partial charge in [0.1, 0.15) is 12.1 Å². The Morgan fingerprint density at radius 2 is 1.68 bits per heavy atom. The lowest BCUT2D eigenvalue weighted by atomic mass is 9.83. The number of rotatable bonds is 5. The molecule has 0 spiro atoms. The average molecular weight is 498 g/mol. The first-order valence-electron chi connectivity index (χ1n) is 12.5. The summed E-state index contributed by atoms with van der Waals surface area (Å²) in [6.45, 7) is 2.05. The monoisotopic (exact) mass is 497 g/mol. The van der Waals surface area contributed by atoms with Crippen molar-refractivity contribution in [3.63, 3.8) is 0 Å². The zero-order valence-electron chi connectivity index (χ0n) is 20.7. The summed E-state index contributed by atoms with van der Waals surface area (Å²) in [6.07, 6.45) is 1.64. The molecule has 6 aromatic rings. The molecule has 184 valence electrons. The number of hydrogen-bond acceptors (Lipinski definition) is 6. The molecule has 0 saturated carbocycles. The van der Waals surface area contributed by atoms with E-state index in [0.29, 0.717) is 17.4 Å². The molecule has 7 heteroatoms. The van der Waals surface area contributed by atoms with Gasteiger partial charge in [0.25, 0.3) is 0 Å². The summed E-state index contributed by atoms with van der Waals surface area (Å²) in [4.78, 5) is 15.1. The Bertz CT molecular complexity index is 1810. The molecule has 7 rings (SSSR count). The summed E-state index contributed by atoms with van der Waals surface area (Å²) >= 11 is 0. The zero-order valence-corrected chi connectivity index (χ0v) is 20.7. The van der Waals surface area contributed by atoms with Gasteiger partial charge in [0.15, 0.2) is 18.1 Å². The highest BCUT2D eigenvalue weighted by Gasteiger charge is 2.34. The van der Waals surface area contributed by atoms with Gasteiger partial charge in [-0.2, -0.15) is 0 Å². The van der Waals surface area contributed by atoms with Crippen LogP contribution in [0.2, 0.25) is 0 Å². The van der Waals surface area contributed by atoms with Gasteiger partial charge in [0, 0.05) is 16.9 Å². The van der Waals surface area contributed by atoms with Crippen LogP contribution in [0.3, 0.4) is 0 Å². The van der Waals surface area contributed by atoms with Crippen LogP contribution in [0.1, 0.15) is 40.9 Å². The van der Waals surface area contributed by atoms with Crippen molar-refractivity contribution in [1.82, 2.24) is 19.6 Å². The van der Waals surface area contributed by atoms with Crippen LogP contribution in [0, 0.1) is 0 Å². The molecule has 4 aromatic carbocycles. The highest BCUT2D eigenvalue weighted by Crippen LogP contribution is 2.50. The molecule has 0 aliphatic carbocycles. The summed E-state index contributed by atoms with van der Waals surface area (Å²) in [6, 6.07) is 32.8. The first-order chi connectivity index (χ1) is 18.8. The molecule has 0 unspecified atom stereocenters. The number of nitrogens with zero attached hydrogens (tertiary/aromatic N) is 5. The number of oxime groups is 1. The number of fused-ring (bicyclic) bond motifs is 6. The molecule has 0 amide bonds. The SMILES string of the molecule is C/C(=N\OCc1nc2c3c(ncn2n1)Oc1c(ccc2ccccc12)[C@@H]3c1ccccc1)c1ccccc1. The Hall–Kier alpha value is -5.04. The van der Waals surface area contributed by atoms with Crippen molar-refractivity contribution < 1.29 is 9.57 Å². The van der Waals surface area contributed by atoms with Crippen molar-refractivity contribution >= 4 is 22.1 Å². The highest BCUT2D eigenvalue weighted by molar-refractivity contribution is 5.98. The van der Waals surface area contributed by atoms with E-state index in [-0.39, 0.29) is 12.5 Å². The Kier molecular flexibility index (Phi) is 5.32. The van der Waals surface area contributed by atoms with Gasteiger partial charge >= 0.3 is 0 Å². The first kappa shape index (κ1) is 22.2. The number of hydrogen-bond donors (Lipinski definition) is 0. The Morgan fingerprint density at radius 1 is 0.921 bits per heavy atom. The fraction of sp³-hybridized carbons (Fsp3) is 0.0968. The van der Waals surface area contributed by atoms with Gasteiger partial charge in [-0.3, -0.25) is 0 Å². The van der Waals surface area contributed by atoms with Crippen molar-refractivity contribution in [2.24, 2.45) is 5.16 Å². The average Bonchev–Trinajstić information content (AvgIpc) is 3.40. The van der Waals surface area contributed by atoms with Gasteiger partial charge in [0.2, 0.25) is 5.88 Å². The van der Waals surface area contributed by atoms with E-state index in [4.69, 9.17) is 14.6 Å². The van der Waals surface area contributed by atoms with E-state index in [2.05, 4.69) is 63.8 Å². The second-order valence-electron chi connectivity index (χ2n) is 9.23. The Balaban J connectivity index is 1.31. The van der Waals surface area contributed by atoms with Crippen LogP contribution in [-0.4, -0.2) is 25.3 Å². The van der Waals surface area contributed by atoms with Crippen LogP contribution in [0.15, 0.2) is 109 Å². The molecule has 0 fully saturated rings. The Morgan fingerprint density at radius 3 is 2.53 bits per heavy atom. The lowest BCUT2D eigenvalue weighted by Crippen LogP contribution is -2.15. The third-order valence-corrected chi connectivity index (χ3v) is 6.86. The molecule has 0 bridgehead atoms. The zero-order chi connectivity index (χ0) is 25.5. The molecule has 1 aliphatic heterocycles. The summed E-state index contributed by atoms with van der Waals surface area (Å²) < 4.78 is 8.17. The van der Waals surface area contributed by atoms with Gasteiger partial charge in [-0.05, 0) is 23.4 Å². The van der Waals surface area contributed by atoms with E-state index in [0.717, 1.165) is 44.5 Å². The second kappa shape index (κ2) is 9.12. The largest absolute Gasteiger partial charge is 0.438 e. The van der Waals surface area contributed by atoms with Gasteiger partial charge in [-0.1, -0.05) is 102 Å². The molecule has 2 aromatic heterocycles. The molecule has 38 heavy (non-hydrogen) atoms. The highest BCUT2D eigenvalue weighted by atomic mass is 16.6. The van der Waals surface area contributed by atoms with Crippen LogP contribution in [0.25, 0.3) is 16.4 Å². The topological polar surface area (TPSA) is 73.9 Å². The quantitative estimate of drug-likeness (QED) is 0.200. The van der Waals surface area contributed by atoms with Crippen molar-refractivity contribution in [3.05, 3.63) is 131 Å². The maximum Gasteiger partial charge on any atom is 0.228 e. The number of aromatic nitrogens is 4. The summed E-state index contributed by atoms with van der Waals surface area (Å²) in [5.74, 6) is 1.76. The minimum absolute atomic E-state index is 0.118. The molecular weight excluding hydrogens is 474 g/mol. The predicted octanol–water partition coefficient (Wildman–Crippen LogP) is 6.50. The van der Waals surface area contributed by atoms with E-state index in [9.17, 15) is 0 Å². The number of benzene rings is 4. The van der Waals surface area contributed by atoms with E-state index >= 15 is 0 Å². The molecule has 0 radical (unpaired) electrons.